The first-order valence-electron chi connectivity index (χ1n) is 12.2. The van der Waals surface area contributed by atoms with Crippen LogP contribution >= 0.6 is 23.2 Å². The first kappa shape index (κ1) is 26.7. The van der Waals surface area contributed by atoms with Crippen LogP contribution < -0.4 is 15.5 Å². The highest BCUT2D eigenvalue weighted by atomic mass is 35.5. The lowest BCUT2D eigenvalue weighted by Gasteiger charge is -2.42. The van der Waals surface area contributed by atoms with E-state index in [0.717, 1.165) is 12.0 Å². The lowest BCUT2D eigenvalue weighted by molar-refractivity contribution is -0.122. The molecule has 0 radical (unpaired) electrons. The van der Waals surface area contributed by atoms with Gasteiger partial charge in [-0.3, -0.25) is 9.36 Å². The molecule has 196 valence electrons. The van der Waals surface area contributed by atoms with Crippen LogP contribution in [-0.2, 0) is 4.79 Å². The van der Waals surface area contributed by atoms with Crippen LogP contribution in [0.1, 0.15) is 38.3 Å². The van der Waals surface area contributed by atoms with Gasteiger partial charge in [-0.15, -0.1) is 0 Å². The summed E-state index contributed by atoms with van der Waals surface area (Å²) in [5.41, 5.74) is 0.950. The minimum Gasteiger partial charge on any atom is -0.350 e. The molecule has 37 heavy (non-hydrogen) atoms. The Morgan fingerprint density at radius 3 is 2.65 bits per heavy atom. The minimum atomic E-state index is -0.319. The van der Waals surface area contributed by atoms with Crippen LogP contribution in [0, 0.1) is 0 Å². The average Bonchev–Trinajstić information content (AvgIpc) is 3.42. The van der Waals surface area contributed by atoms with E-state index in [4.69, 9.17) is 23.2 Å². The molecule has 3 aromatic rings. The number of urea groups is 1. The zero-order valence-electron chi connectivity index (χ0n) is 20.8. The maximum Gasteiger partial charge on any atom is 0.317 e. The van der Waals surface area contributed by atoms with E-state index in [1.54, 1.807) is 46.4 Å². The Morgan fingerprint density at radius 1 is 1.16 bits per heavy atom. The van der Waals surface area contributed by atoms with Gasteiger partial charge in [0, 0.05) is 56.1 Å². The van der Waals surface area contributed by atoms with Crippen LogP contribution in [0.3, 0.4) is 0 Å². The summed E-state index contributed by atoms with van der Waals surface area (Å²) in [5.74, 6) is 0.826. The number of rotatable bonds is 8. The predicted molar refractivity (Wildman–Crippen MR) is 143 cm³/mol. The van der Waals surface area contributed by atoms with Crippen LogP contribution in [0.4, 0.5) is 10.6 Å². The summed E-state index contributed by atoms with van der Waals surface area (Å²) >= 11 is 12.3. The van der Waals surface area contributed by atoms with Gasteiger partial charge in [-0.1, -0.05) is 42.3 Å². The number of amides is 3. The molecule has 1 fully saturated rings. The molecule has 10 nitrogen and oxygen atoms in total. The number of hydrogen-bond donors (Lipinski definition) is 2. The SMILES string of the molecule is CCCNC(=O)N1CCN(c2cc(Cl)nc(-n3ccnc3)n2)C(CC(=O)NC(C)c2ccc(Cl)cc2)C1. The third-order valence-corrected chi connectivity index (χ3v) is 6.61. The largest absolute Gasteiger partial charge is 0.350 e. The number of nitrogens with one attached hydrogen (secondary N) is 2. The maximum absolute atomic E-state index is 13.2. The van der Waals surface area contributed by atoms with Gasteiger partial charge in [0.05, 0.1) is 12.1 Å². The van der Waals surface area contributed by atoms with E-state index in [9.17, 15) is 9.59 Å². The first-order chi connectivity index (χ1) is 17.8. The predicted octanol–water partition coefficient (Wildman–Crippen LogP) is 3.85. The summed E-state index contributed by atoms with van der Waals surface area (Å²) in [6.45, 7) is 5.85. The van der Waals surface area contributed by atoms with E-state index >= 15 is 0 Å². The second kappa shape index (κ2) is 12.2. The van der Waals surface area contributed by atoms with Crippen molar-refractivity contribution in [1.82, 2.24) is 35.1 Å². The molecule has 1 saturated heterocycles. The number of piperazine rings is 1. The second-order valence-corrected chi connectivity index (χ2v) is 9.71. The quantitative estimate of drug-likeness (QED) is 0.417. The molecule has 0 saturated carbocycles. The fraction of sp³-hybridized carbons (Fsp3) is 0.400. The van der Waals surface area contributed by atoms with Gasteiger partial charge in [-0.25, -0.2) is 14.8 Å². The summed E-state index contributed by atoms with van der Waals surface area (Å²) in [7, 11) is 0. The molecule has 2 unspecified atom stereocenters. The number of hydrogen-bond acceptors (Lipinski definition) is 6. The highest BCUT2D eigenvalue weighted by Crippen LogP contribution is 2.25. The number of carbonyl (C=O) groups excluding carboxylic acids is 2. The van der Waals surface area contributed by atoms with Crippen LogP contribution in [0.25, 0.3) is 5.95 Å². The van der Waals surface area contributed by atoms with Crippen molar-refractivity contribution in [3.8, 4) is 5.95 Å². The van der Waals surface area contributed by atoms with Gasteiger partial charge in [0.2, 0.25) is 11.9 Å². The summed E-state index contributed by atoms with van der Waals surface area (Å²) in [4.78, 5) is 42.7. The molecule has 3 heterocycles. The number of benzene rings is 1. The van der Waals surface area contributed by atoms with Crippen molar-refractivity contribution >= 4 is 41.0 Å². The van der Waals surface area contributed by atoms with Crippen molar-refractivity contribution in [1.29, 1.82) is 0 Å². The lowest BCUT2D eigenvalue weighted by atomic mass is 10.1. The Bertz CT molecular complexity index is 1210. The van der Waals surface area contributed by atoms with Gasteiger partial charge >= 0.3 is 6.03 Å². The van der Waals surface area contributed by atoms with Gasteiger partial charge in [-0.05, 0) is 31.0 Å². The molecule has 1 aromatic carbocycles. The number of carbonyl (C=O) groups is 2. The molecule has 1 aliphatic rings. The van der Waals surface area contributed by atoms with E-state index in [1.165, 1.54) is 0 Å². The molecule has 0 bridgehead atoms. The smallest absolute Gasteiger partial charge is 0.317 e. The molecular formula is C25H30Cl2N8O2. The van der Waals surface area contributed by atoms with Crippen LogP contribution in [0.15, 0.2) is 49.1 Å². The zero-order chi connectivity index (χ0) is 26.4. The molecule has 3 amide bonds. The number of anilines is 1. The summed E-state index contributed by atoms with van der Waals surface area (Å²) < 4.78 is 1.67. The number of imidazole rings is 1. The molecule has 4 rings (SSSR count). The van der Waals surface area contributed by atoms with Crippen LogP contribution in [0.5, 0.6) is 0 Å². The number of aromatic nitrogens is 4. The Hall–Kier alpha value is -3.37. The van der Waals surface area contributed by atoms with Crippen LogP contribution in [0.2, 0.25) is 10.2 Å². The van der Waals surface area contributed by atoms with E-state index in [-0.39, 0.29) is 35.6 Å². The lowest BCUT2D eigenvalue weighted by Crippen LogP contribution is -2.58. The van der Waals surface area contributed by atoms with Gasteiger partial charge in [-0.2, -0.15) is 4.98 Å². The molecule has 2 N–H and O–H groups in total. The average molecular weight is 545 g/mol. The van der Waals surface area contributed by atoms with Crippen molar-refractivity contribution in [2.75, 3.05) is 31.1 Å². The second-order valence-electron chi connectivity index (χ2n) is 8.89. The van der Waals surface area contributed by atoms with Crippen molar-refractivity contribution in [2.45, 2.75) is 38.8 Å². The topological polar surface area (TPSA) is 108 Å². The normalized spacial score (nSPS) is 16.4. The summed E-state index contributed by atoms with van der Waals surface area (Å²) in [5, 5.41) is 6.90. The number of halogens is 2. The highest BCUT2D eigenvalue weighted by Gasteiger charge is 2.32. The summed E-state index contributed by atoms with van der Waals surface area (Å²) in [6.07, 6.45) is 5.96. The zero-order valence-corrected chi connectivity index (χ0v) is 22.3. The molecular weight excluding hydrogens is 515 g/mol. The minimum absolute atomic E-state index is 0.136. The monoisotopic (exact) mass is 544 g/mol. The molecule has 0 spiro atoms. The van der Waals surface area contributed by atoms with Crippen molar-refractivity contribution in [3.63, 3.8) is 0 Å². The Kier molecular flexibility index (Phi) is 8.83. The van der Waals surface area contributed by atoms with Crippen molar-refractivity contribution in [2.24, 2.45) is 0 Å². The summed E-state index contributed by atoms with van der Waals surface area (Å²) in [6, 6.07) is 8.39. The van der Waals surface area contributed by atoms with Gasteiger partial charge in [0.15, 0.2) is 0 Å². The van der Waals surface area contributed by atoms with E-state index in [0.29, 0.717) is 43.0 Å². The van der Waals surface area contributed by atoms with Crippen molar-refractivity contribution < 1.29 is 9.59 Å². The Morgan fingerprint density at radius 2 is 1.95 bits per heavy atom. The molecule has 1 aliphatic heterocycles. The van der Waals surface area contributed by atoms with Gasteiger partial charge in [0.1, 0.15) is 17.3 Å². The molecule has 0 aliphatic carbocycles. The third-order valence-electron chi connectivity index (χ3n) is 6.16. The fourth-order valence-corrected chi connectivity index (χ4v) is 4.54. The van der Waals surface area contributed by atoms with Crippen molar-refractivity contribution in [3.05, 3.63) is 64.8 Å². The highest BCUT2D eigenvalue weighted by molar-refractivity contribution is 6.30. The van der Waals surface area contributed by atoms with E-state index in [1.807, 2.05) is 30.9 Å². The van der Waals surface area contributed by atoms with Crippen LogP contribution in [-0.4, -0.2) is 68.6 Å². The fourth-order valence-electron chi connectivity index (χ4n) is 4.24. The van der Waals surface area contributed by atoms with E-state index in [2.05, 4.69) is 25.6 Å². The maximum atomic E-state index is 13.2. The third kappa shape index (κ3) is 6.90. The first-order valence-corrected chi connectivity index (χ1v) is 13.0. The van der Waals surface area contributed by atoms with E-state index < -0.39 is 0 Å². The van der Waals surface area contributed by atoms with Gasteiger partial charge in [0.25, 0.3) is 0 Å². The molecule has 2 atom stereocenters. The number of nitrogens with zero attached hydrogens (tertiary/aromatic N) is 6. The molecule has 12 heteroatoms. The van der Waals surface area contributed by atoms with Gasteiger partial charge < -0.3 is 20.4 Å². The Labute approximate surface area is 226 Å². The molecule has 2 aromatic heterocycles. The Balaban J connectivity index is 1.54. The standard InChI is InChI=1S/C25H30Cl2N8O2/c1-3-8-29-25(37)33-11-12-35(22-14-21(27)31-24(32-22)34-10-9-28-16-34)20(15-33)13-23(36)30-17(2)18-4-6-19(26)7-5-18/h4-7,9-10,14,16-17,20H,3,8,11-13,15H2,1-2H3,(H,29,37)(H,30,36).